The average Bonchev–Trinajstić information content (AvgIpc) is 2.87. The number of aryl methyl sites for hydroxylation is 1. The van der Waals surface area contributed by atoms with Crippen molar-refractivity contribution in [3.8, 4) is 17.0 Å². The van der Waals surface area contributed by atoms with Gasteiger partial charge in [0.2, 0.25) is 5.28 Å². The first-order chi connectivity index (χ1) is 10.1. The Balaban J connectivity index is 2.27. The predicted molar refractivity (Wildman–Crippen MR) is 78.7 cm³/mol. The standard InChI is InChI=1S/C14H11ClN4O2/c1-19-7-16-12-11(17-14(15)18-13(12)19)8-3-4-10(21-2)9(5-8)6-20/h3-7H,1-2H3. The Bertz CT molecular complexity index is 844. The summed E-state index contributed by atoms with van der Waals surface area (Å²) in [6.45, 7) is 0. The van der Waals surface area contributed by atoms with Gasteiger partial charge >= 0.3 is 0 Å². The third-order valence-electron chi connectivity index (χ3n) is 3.16. The largest absolute Gasteiger partial charge is 0.496 e. The zero-order valence-corrected chi connectivity index (χ0v) is 12.1. The Morgan fingerprint density at radius 2 is 2.14 bits per heavy atom. The lowest BCUT2D eigenvalue weighted by Gasteiger charge is -2.07. The Morgan fingerprint density at radius 3 is 2.86 bits per heavy atom. The van der Waals surface area contributed by atoms with Crippen LogP contribution < -0.4 is 4.74 Å². The van der Waals surface area contributed by atoms with Crippen molar-refractivity contribution in [3.05, 3.63) is 35.4 Å². The van der Waals surface area contributed by atoms with E-state index >= 15 is 0 Å². The Labute approximate surface area is 125 Å². The van der Waals surface area contributed by atoms with Gasteiger partial charge < -0.3 is 9.30 Å². The highest BCUT2D eigenvalue weighted by Crippen LogP contribution is 2.29. The SMILES string of the molecule is COc1ccc(-c2nc(Cl)nc3c2ncn3C)cc1C=O. The van der Waals surface area contributed by atoms with Crippen LogP contribution in [0.15, 0.2) is 24.5 Å². The highest BCUT2D eigenvalue weighted by Gasteiger charge is 2.14. The van der Waals surface area contributed by atoms with Gasteiger partial charge in [0.15, 0.2) is 11.9 Å². The number of aromatic nitrogens is 4. The molecule has 0 saturated heterocycles. The lowest BCUT2D eigenvalue weighted by molar-refractivity contribution is 0.112. The van der Waals surface area contributed by atoms with Crippen molar-refractivity contribution in [1.29, 1.82) is 0 Å². The van der Waals surface area contributed by atoms with E-state index < -0.39 is 0 Å². The number of aldehydes is 1. The first-order valence-electron chi connectivity index (χ1n) is 6.12. The molecule has 0 N–H and O–H groups in total. The maximum atomic E-state index is 11.1. The molecule has 0 saturated carbocycles. The molecule has 0 radical (unpaired) electrons. The van der Waals surface area contributed by atoms with Gasteiger partial charge in [0.1, 0.15) is 17.0 Å². The Kier molecular flexibility index (Phi) is 3.31. The van der Waals surface area contributed by atoms with Gasteiger partial charge in [-0.15, -0.1) is 0 Å². The number of methoxy groups -OCH3 is 1. The second-order valence-corrected chi connectivity index (χ2v) is 4.78. The molecule has 21 heavy (non-hydrogen) atoms. The molecule has 0 bridgehead atoms. The molecule has 0 aliphatic carbocycles. The van der Waals surface area contributed by atoms with Crippen molar-refractivity contribution < 1.29 is 9.53 Å². The van der Waals surface area contributed by atoms with Crippen molar-refractivity contribution in [3.63, 3.8) is 0 Å². The topological polar surface area (TPSA) is 69.9 Å². The van der Waals surface area contributed by atoms with E-state index in [1.54, 1.807) is 29.1 Å². The van der Waals surface area contributed by atoms with Crippen molar-refractivity contribution in [2.45, 2.75) is 0 Å². The van der Waals surface area contributed by atoms with Crippen molar-refractivity contribution in [2.75, 3.05) is 7.11 Å². The van der Waals surface area contributed by atoms with Gasteiger partial charge in [-0.05, 0) is 29.8 Å². The average molecular weight is 303 g/mol. The van der Waals surface area contributed by atoms with E-state index in [1.165, 1.54) is 7.11 Å². The van der Waals surface area contributed by atoms with E-state index in [9.17, 15) is 4.79 Å². The molecule has 0 spiro atoms. The van der Waals surface area contributed by atoms with E-state index in [1.807, 2.05) is 7.05 Å². The smallest absolute Gasteiger partial charge is 0.225 e. The summed E-state index contributed by atoms with van der Waals surface area (Å²) in [6.07, 6.45) is 2.38. The van der Waals surface area contributed by atoms with E-state index in [4.69, 9.17) is 16.3 Å². The van der Waals surface area contributed by atoms with Gasteiger partial charge in [0.05, 0.1) is 19.0 Å². The van der Waals surface area contributed by atoms with Crippen molar-refractivity contribution in [1.82, 2.24) is 19.5 Å². The van der Waals surface area contributed by atoms with Crippen molar-refractivity contribution >= 4 is 29.1 Å². The lowest BCUT2D eigenvalue weighted by Crippen LogP contribution is -1.96. The fourth-order valence-electron chi connectivity index (χ4n) is 2.16. The van der Waals surface area contributed by atoms with Crippen LogP contribution in [0, 0.1) is 0 Å². The lowest BCUT2D eigenvalue weighted by atomic mass is 10.1. The van der Waals surface area contributed by atoms with Crippen LogP contribution in [-0.4, -0.2) is 32.9 Å². The summed E-state index contributed by atoms with van der Waals surface area (Å²) < 4.78 is 6.89. The summed E-state index contributed by atoms with van der Waals surface area (Å²) in [5.41, 5.74) is 3.01. The first-order valence-corrected chi connectivity index (χ1v) is 6.50. The maximum absolute atomic E-state index is 11.1. The number of nitrogens with zero attached hydrogens (tertiary/aromatic N) is 4. The van der Waals surface area contributed by atoms with E-state index in [2.05, 4.69) is 15.0 Å². The summed E-state index contributed by atoms with van der Waals surface area (Å²) >= 11 is 5.98. The number of benzene rings is 1. The van der Waals surface area contributed by atoms with Crippen LogP contribution in [0.3, 0.4) is 0 Å². The summed E-state index contributed by atoms with van der Waals surface area (Å²) in [4.78, 5) is 23.8. The summed E-state index contributed by atoms with van der Waals surface area (Å²) in [5, 5.41) is 0.129. The zero-order chi connectivity index (χ0) is 15.0. The van der Waals surface area contributed by atoms with Crippen LogP contribution in [-0.2, 0) is 7.05 Å². The van der Waals surface area contributed by atoms with Gasteiger partial charge in [0, 0.05) is 12.6 Å². The number of carbonyl (C=O) groups excluding carboxylic acids is 1. The molecule has 1 aromatic carbocycles. The highest BCUT2D eigenvalue weighted by atomic mass is 35.5. The molecule has 0 fully saturated rings. The molecule has 2 heterocycles. The fourth-order valence-corrected chi connectivity index (χ4v) is 2.32. The molecular weight excluding hydrogens is 292 g/mol. The number of hydrogen-bond acceptors (Lipinski definition) is 5. The minimum absolute atomic E-state index is 0.129. The second kappa shape index (κ2) is 5.14. The van der Waals surface area contributed by atoms with Gasteiger partial charge in [0.25, 0.3) is 0 Å². The van der Waals surface area contributed by atoms with Crippen LogP contribution >= 0.6 is 11.6 Å². The zero-order valence-electron chi connectivity index (χ0n) is 11.4. The molecule has 3 rings (SSSR count). The third kappa shape index (κ3) is 2.23. The summed E-state index contributed by atoms with van der Waals surface area (Å²) in [6, 6.07) is 5.21. The molecule has 7 heteroatoms. The molecule has 0 unspecified atom stereocenters. The van der Waals surface area contributed by atoms with E-state index in [0.29, 0.717) is 28.2 Å². The van der Waals surface area contributed by atoms with Crippen molar-refractivity contribution in [2.24, 2.45) is 7.05 Å². The predicted octanol–water partition coefficient (Wildman–Crippen LogP) is 2.50. The van der Waals surface area contributed by atoms with Crippen LogP contribution in [0.5, 0.6) is 5.75 Å². The molecule has 0 amide bonds. The van der Waals surface area contributed by atoms with Crippen LogP contribution in [0.1, 0.15) is 10.4 Å². The van der Waals surface area contributed by atoms with Crippen LogP contribution in [0.4, 0.5) is 0 Å². The number of imidazole rings is 1. The summed E-state index contributed by atoms with van der Waals surface area (Å²) in [5.74, 6) is 0.506. The van der Waals surface area contributed by atoms with E-state index in [0.717, 1.165) is 11.8 Å². The molecule has 6 nitrogen and oxygen atoms in total. The highest BCUT2D eigenvalue weighted by molar-refractivity contribution is 6.28. The monoisotopic (exact) mass is 302 g/mol. The number of carbonyl (C=O) groups is 1. The Morgan fingerprint density at radius 1 is 1.33 bits per heavy atom. The fraction of sp³-hybridized carbons (Fsp3) is 0.143. The minimum atomic E-state index is 0.129. The number of rotatable bonds is 3. The summed E-state index contributed by atoms with van der Waals surface area (Å²) in [7, 11) is 3.34. The van der Waals surface area contributed by atoms with Gasteiger partial charge in [-0.25, -0.2) is 9.97 Å². The molecule has 106 valence electrons. The maximum Gasteiger partial charge on any atom is 0.225 e. The molecular formula is C14H11ClN4O2. The molecule has 0 aliphatic heterocycles. The third-order valence-corrected chi connectivity index (χ3v) is 3.33. The quantitative estimate of drug-likeness (QED) is 0.549. The normalized spacial score (nSPS) is 10.8. The van der Waals surface area contributed by atoms with Crippen LogP contribution in [0.2, 0.25) is 5.28 Å². The molecule has 2 aromatic heterocycles. The molecule has 0 aliphatic rings. The van der Waals surface area contributed by atoms with Gasteiger partial charge in [-0.3, -0.25) is 4.79 Å². The van der Waals surface area contributed by atoms with Crippen LogP contribution in [0.25, 0.3) is 22.4 Å². The number of fused-ring (bicyclic) bond motifs is 1. The molecule has 3 aromatic rings. The number of ether oxygens (including phenoxy) is 1. The minimum Gasteiger partial charge on any atom is -0.496 e. The number of hydrogen-bond donors (Lipinski definition) is 0. The van der Waals surface area contributed by atoms with Gasteiger partial charge in [-0.1, -0.05) is 0 Å². The number of halogens is 1. The Hall–Kier alpha value is -2.47. The van der Waals surface area contributed by atoms with E-state index in [-0.39, 0.29) is 5.28 Å². The molecule has 0 atom stereocenters. The van der Waals surface area contributed by atoms with Gasteiger partial charge in [-0.2, -0.15) is 4.98 Å². The second-order valence-electron chi connectivity index (χ2n) is 4.44. The first kappa shape index (κ1) is 13.5.